The van der Waals surface area contributed by atoms with Gasteiger partial charge in [-0.3, -0.25) is 14.1 Å². The lowest BCUT2D eigenvalue weighted by atomic mass is 9.43. The van der Waals surface area contributed by atoms with Gasteiger partial charge in [-0.05, 0) is 97.7 Å². The number of carbonyl (C=O) groups excluding carboxylic acids is 2. The number of rotatable bonds is 9. The van der Waals surface area contributed by atoms with Crippen molar-refractivity contribution in [1.29, 1.82) is 0 Å². The molecule has 0 bridgehead atoms. The number of carbonyl (C=O) groups is 2. The van der Waals surface area contributed by atoms with Crippen LogP contribution in [0.1, 0.15) is 78.6 Å². The molecule has 0 heterocycles. The highest BCUT2D eigenvalue weighted by Crippen LogP contribution is 2.68. The van der Waals surface area contributed by atoms with Gasteiger partial charge in [-0.2, -0.15) is 8.42 Å². The van der Waals surface area contributed by atoms with Crippen LogP contribution in [0.2, 0.25) is 0 Å². The number of nitrogens with one attached hydrogen (secondary N) is 2. The van der Waals surface area contributed by atoms with Gasteiger partial charge in [0, 0.05) is 13.0 Å². The third-order valence-corrected chi connectivity index (χ3v) is 12.2. The zero-order valence-electron chi connectivity index (χ0n) is 23.5. The molecule has 4 aliphatic rings. The van der Waals surface area contributed by atoms with E-state index in [-0.39, 0.29) is 77.9 Å². The van der Waals surface area contributed by atoms with Gasteiger partial charge in [0.2, 0.25) is 11.8 Å². The molecule has 11 heteroatoms. The molecule has 4 aliphatic carbocycles. The van der Waals surface area contributed by atoms with Crippen molar-refractivity contribution in [2.45, 2.75) is 96.9 Å². The smallest absolute Gasteiger partial charge is 0.266 e. The van der Waals surface area contributed by atoms with Gasteiger partial charge in [0.05, 0.1) is 30.6 Å². The van der Waals surface area contributed by atoms with E-state index in [0.717, 1.165) is 38.5 Å². The molecule has 39 heavy (non-hydrogen) atoms. The Bertz CT molecular complexity index is 1020. The fourth-order valence-electron chi connectivity index (χ4n) is 9.34. The van der Waals surface area contributed by atoms with Gasteiger partial charge >= 0.3 is 0 Å². The third-order valence-electron chi connectivity index (χ3n) is 11.5. The van der Waals surface area contributed by atoms with Gasteiger partial charge in [-0.15, -0.1) is 0 Å². The van der Waals surface area contributed by atoms with Crippen LogP contribution in [0.15, 0.2) is 0 Å². The first-order chi connectivity index (χ1) is 18.2. The number of aliphatic hydroxyl groups is 3. The Hall–Kier alpha value is -1.27. The fraction of sp³-hybridized carbons (Fsp3) is 0.929. The lowest BCUT2D eigenvalue weighted by Gasteiger charge is -2.63. The molecule has 224 valence electrons. The summed E-state index contributed by atoms with van der Waals surface area (Å²) in [5, 5.41) is 38.3. The molecule has 0 radical (unpaired) electrons. The van der Waals surface area contributed by atoms with E-state index in [1.54, 1.807) is 0 Å². The van der Waals surface area contributed by atoms with Crippen LogP contribution in [0.25, 0.3) is 0 Å². The van der Waals surface area contributed by atoms with E-state index >= 15 is 0 Å². The second-order valence-electron chi connectivity index (χ2n) is 13.5. The Morgan fingerprint density at radius 1 is 0.974 bits per heavy atom. The van der Waals surface area contributed by atoms with Gasteiger partial charge in [-0.25, -0.2) is 0 Å². The number of hydrogen-bond donors (Lipinski definition) is 6. The van der Waals surface area contributed by atoms with E-state index in [1.165, 1.54) is 0 Å². The summed E-state index contributed by atoms with van der Waals surface area (Å²) < 4.78 is 30.2. The maximum atomic E-state index is 12.4. The molecule has 0 saturated heterocycles. The Labute approximate surface area is 232 Å². The van der Waals surface area contributed by atoms with Gasteiger partial charge in [0.1, 0.15) is 0 Å². The number of aliphatic hydroxyl groups excluding tert-OH is 3. The summed E-state index contributed by atoms with van der Waals surface area (Å²) in [6, 6.07) is 0. The van der Waals surface area contributed by atoms with Crippen LogP contribution in [0.5, 0.6) is 0 Å². The molecule has 0 aromatic heterocycles. The van der Waals surface area contributed by atoms with E-state index in [1.807, 2.05) is 0 Å². The molecule has 10 nitrogen and oxygen atoms in total. The summed E-state index contributed by atoms with van der Waals surface area (Å²) in [6.45, 7) is 6.15. The molecule has 0 aliphatic heterocycles. The lowest BCUT2D eigenvalue weighted by molar-refractivity contribution is -0.207. The highest BCUT2D eigenvalue weighted by Gasteiger charge is 2.65. The van der Waals surface area contributed by atoms with Gasteiger partial charge in [-0.1, -0.05) is 20.8 Å². The highest BCUT2D eigenvalue weighted by molar-refractivity contribution is 7.85. The minimum atomic E-state index is -4.16. The van der Waals surface area contributed by atoms with Crippen molar-refractivity contribution in [2.75, 3.05) is 18.8 Å². The quantitative estimate of drug-likeness (QED) is 0.225. The van der Waals surface area contributed by atoms with Crippen LogP contribution in [-0.4, -0.2) is 77.3 Å². The first kappa shape index (κ1) is 30.7. The average molecular weight is 573 g/mol. The van der Waals surface area contributed by atoms with Crippen molar-refractivity contribution >= 4 is 21.9 Å². The van der Waals surface area contributed by atoms with Gasteiger partial charge in [0.25, 0.3) is 10.1 Å². The lowest BCUT2D eigenvalue weighted by Crippen LogP contribution is -2.62. The first-order valence-electron chi connectivity index (χ1n) is 14.7. The summed E-state index contributed by atoms with van der Waals surface area (Å²) in [4.78, 5) is 24.2. The monoisotopic (exact) mass is 572 g/mol. The van der Waals surface area contributed by atoms with Crippen molar-refractivity contribution in [1.82, 2.24) is 10.6 Å². The van der Waals surface area contributed by atoms with Crippen molar-refractivity contribution < 1.29 is 37.9 Å². The standard InChI is InChI=1S/C28H48N2O8S/c1-16(4-7-24(34)30-15-25(35)29-10-11-39(36,37)38)19-5-6-20-26-21(14-23(33)28(19,20)3)27(2)9-8-18(31)12-17(27)13-22(26)32/h16-23,26,31-33H,4-15H2,1-3H3,(H,29,35)(H,30,34)(H,36,37,38)/t16-,17+,18-,19-,20+,21+,22+,23-,26+,27-,28-/m1/s1. The first-order valence-corrected chi connectivity index (χ1v) is 16.3. The molecule has 2 amide bonds. The van der Waals surface area contributed by atoms with Crippen molar-refractivity contribution in [3.63, 3.8) is 0 Å². The summed E-state index contributed by atoms with van der Waals surface area (Å²) in [5.74, 6) is -0.0801. The largest absolute Gasteiger partial charge is 0.393 e. The second kappa shape index (κ2) is 11.5. The normalized spacial score (nSPS) is 42.5. The number of amides is 2. The van der Waals surface area contributed by atoms with Crippen LogP contribution in [0.4, 0.5) is 0 Å². The Morgan fingerprint density at radius 3 is 2.38 bits per heavy atom. The maximum Gasteiger partial charge on any atom is 0.266 e. The SMILES string of the molecule is C[C@H](CCC(=O)NCC(=O)NCCS(=O)(=O)O)[C@H]1CC[C@H]2[C@@H]3[C@@H](O)C[C@@H]4C[C@H](O)CC[C@@]4(C)[C@H]3C[C@@H](O)[C@]12C. The number of hydrogen-bond acceptors (Lipinski definition) is 7. The molecule has 0 aromatic carbocycles. The van der Waals surface area contributed by atoms with Crippen LogP contribution >= 0.6 is 0 Å². The minimum absolute atomic E-state index is 0.0336. The van der Waals surface area contributed by atoms with E-state index in [2.05, 4.69) is 31.4 Å². The molecule has 4 saturated carbocycles. The molecule has 6 N–H and O–H groups in total. The van der Waals surface area contributed by atoms with Crippen LogP contribution in [0.3, 0.4) is 0 Å². The van der Waals surface area contributed by atoms with E-state index < -0.39 is 34.0 Å². The molecule has 11 atom stereocenters. The molecule has 4 rings (SSSR count). The Morgan fingerprint density at radius 2 is 1.69 bits per heavy atom. The topological polar surface area (TPSA) is 173 Å². The van der Waals surface area contributed by atoms with Gasteiger partial charge in [0.15, 0.2) is 0 Å². The fourth-order valence-corrected chi connectivity index (χ4v) is 9.70. The van der Waals surface area contributed by atoms with Crippen molar-refractivity contribution in [3.8, 4) is 0 Å². The molecular weight excluding hydrogens is 524 g/mol. The zero-order chi connectivity index (χ0) is 28.8. The van der Waals surface area contributed by atoms with E-state index in [0.29, 0.717) is 12.8 Å². The summed E-state index contributed by atoms with van der Waals surface area (Å²) >= 11 is 0. The number of fused-ring (bicyclic) bond motifs is 5. The summed E-state index contributed by atoms with van der Waals surface area (Å²) in [6.07, 6.45) is 5.44. The van der Waals surface area contributed by atoms with Crippen LogP contribution in [0, 0.1) is 46.3 Å². The molecule has 4 fully saturated rings. The zero-order valence-corrected chi connectivity index (χ0v) is 24.3. The van der Waals surface area contributed by atoms with Crippen LogP contribution < -0.4 is 10.6 Å². The maximum absolute atomic E-state index is 12.4. The molecular formula is C28H48N2O8S. The minimum Gasteiger partial charge on any atom is -0.393 e. The summed E-state index contributed by atoms with van der Waals surface area (Å²) in [7, 11) is -4.16. The molecule has 0 spiro atoms. The predicted molar refractivity (Wildman–Crippen MR) is 145 cm³/mol. The van der Waals surface area contributed by atoms with E-state index in [9.17, 15) is 33.3 Å². The molecule has 0 aromatic rings. The van der Waals surface area contributed by atoms with Crippen LogP contribution in [-0.2, 0) is 19.7 Å². The van der Waals surface area contributed by atoms with Crippen molar-refractivity contribution in [3.05, 3.63) is 0 Å². The average Bonchev–Trinajstić information content (AvgIpc) is 3.20. The predicted octanol–water partition coefficient (Wildman–Crippen LogP) is 1.48. The third kappa shape index (κ3) is 6.17. The second-order valence-corrected chi connectivity index (χ2v) is 15.0. The Kier molecular flexibility index (Phi) is 9.08. The van der Waals surface area contributed by atoms with E-state index in [4.69, 9.17) is 4.55 Å². The highest BCUT2D eigenvalue weighted by atomic mass is 32.2. The summed E-state index contributed by atoms with van der Waals surface area (Å²) in [5.41, 5.74) is -0.297. The molecule has 0 unspecified atom stereocenters. The van der Waals surface area contributed by atoms with Crippen molar-refractivity contribution in [2.24, 2.45) is 46.3 Å². The Balaban J connectivity index is 1.33. The van der Waals surface area contributed by atoms with Gasteiger partial charge < -0.3 is 26.0 Å².